The predicted octanol–water partition coefficient (Wildman–Crippen LogP) is 3.32. The first-order valence-corrected chi connectivity index (χ1v) is 7.84. The Morgan fingerprint density at radius 3 is 2.77 bits per heavy atom. The Morgan fingerprint density at radius 1 is 1.32 bits per heavy atom. The maximum atomic E-state index is 12.7. The number of allylic oxidation sites excluding steroid dienone is 2. The standard InChI is InChI=1S/C18H21NO3/c1-13-7-9-15(10-8-13)17(20)19-16(12-22-18(19)21)11-14-5-3-2-4-6-14/h2-7,15-16H,8-12H2,1H3/t15-,16-/m1/s1. The van der Waals surface area contributed by atoms with Crippen LogP contribution in [-0.2, 0) is 16.0 Å². The Balaban J connectivity index is 1.72. The fourth-order valence-electron chi connectivity index (χ4n) is 3.15. The third-order valence-electron chi connectivity index (χ3n) is 4.50. The molecular formula is C18H21NO3. The summed E-state index contributed by atoms with van der Waals surface area (Å²) in [6.07, 6.45) is 4.76. The van der Waals surface area contributed by atoms with E-state index in [0.29, 0.717) is 13.0 Å². The van der Waals surface area contributed by atoms with E-state index in [2.05, 4.69) is 13.0 Å². The highest BCUT2D eigenvalue weighted by molar-refractivity contribution is 5.95. The minimum atomic E-state index is -0.489. The highest BCUT2D eigenvalue weighted by Gasteiger charge is 2.40. The van der Waals surface area contributed by atoms with Gasteiger partial charge >= 0.3 is 6.09 Å². The molecule has 1 heterocycles. The van der Waals surface area contributed by atoms with Crippen LogP contribution in [-0.4, -0.2) is 29.5 Å². The number of hydrogen-bond acceptors (Lipinski definition) is 3. The minimum absolute atomic E-state index is 0.0767. The van der Waals surface area contributed by atoms with E-state index in [1.54, 1.807) is 0 Å². The summed E-state index contributed by atoms with van der Waals surface area (Å²) >= 11 is 0. The molecule has 22 heavy (non-hydrogen) atoms. The summed E-state index contributed by atoms with van der Waals surface area (Å²) in [4.78, 5) is 26.1. The van der Waals surface area contributed by atoms with Crippen molar-refractivity contribution in [1.82, 2.24) is 4.90 Å². The molecular weight excluding hydrogens is 278 g/mol. The van der Waals surface area contributed by atoms with Gasteiger partial charge in [-0.25, -0.2) is 9.69 Å². The smallest absolute Gasteiger partial charge is 0.416 e. The van der Waals surface area contributed by atoms with Gasteiger partial charge in [-0.1, -0.05) is 42.0 Å². The van der Waals surface area contributed by atoms with Gasteiger partial charge in [-0.05, 0) is 38.2 Å². The van der Waals surface area contributed by atoms with Gasteiger partial charge in [-0.2, -0.15) is 0 Å². The molecule has 1 aliphatic heterocycles. The molecule has 0 radical (unpaired) electrons. The predicted molar refractivity (Wildman–Crippen MR) is 83.2 cm³/mol. The molecule has 2 amide bonds. The first-order chi connectivity index (χ1) is 10.6. The largest absolute Gasteiger partial charge is 0.447 e. The van der Waals surface area contributed by atoms with E-state index in [-0.39, 0.29) is 17.9 Å². The second kappa shape index (κ2) is 6.34. The van der Waals surface area contributed by atoms with Crippen molar-refractivity contribution < 1.29 is 14.3 Å². The van der Waals surface area contributed by atoms with Crippen molar-refractivity contribution in [3.63, 3.8) is 0 Å². The summed E-state index contributed by atoms with van der Waals surface area (Å²) in [6, 6.07) is 9.73. The summed E-state index contributed by atoms with van der Waals surface area (Å²) in [6.45, 7) is 2.38. The highest BCUT2D eigenvalue weighted by Crippen LogP contribution is 2.28. The molecule has 2 atom stereocenters. The zero-order valence-electron chi connectivity index (χ0n) is 12.8. The first-order valence-electron chi connectivity index (χ1n) is 7.84. The van der Waals surface area contributed by atoms with Crippen molar-refractivity contribution in [3.8, 4) is 0 Å². The van der Waals surface area contributed by atoms with Crippen LogP contribution >= 0.6 is 0 Å². The summed E-state index contributed by atoms with van der Waals surface area (Å²) in [7, 11) is 0. The fraction of sp³-hybridized carbons (Fsp3) is 0.444. The molecule has 3 rings (SSSR count). The molecule has 0 bridgehead atoms. The molecule has 1 aromatic rings. The summed E-state index contributed by atoms with van der Waals surface area (Å²) < 4.78 is 5.13. The van der Waals surface area contributed by atoms with Crippen LogP contribution in [0.4, 0.5) is 4.79 Å². The number of cyclic esters (lactones) is 1. The molecule has 4 heteroatoms. The van der Waals surface area contributed by atoms with Crippen LogP contribution in [0.25, 0.3) is 0 Å². The van der Waals surface area contributed by atoms with Gasteiger partial charge in [0.25, 0.3) is 0 Å². The van der Waals surface area contributed by atoms with Crippen LogP contribution in [0.15, 0.2) is 42.0 Å². The third kappa shape index (κ3) is 3.06. The van der Waals surface area contributed by atoms with E-state index in [0.717, 1.165) is 24.8 Å². The number of carbonyl (C=O) groups is 2. The zero-order valence-corrected chi connectivity index (χ0v) is 12.8. The lowest BCUT2D eigenvalue weighted by molar-refractivity contribution is -0.133. The summed E-state index contributed by atoms with van der Waals surface area (Å²) in [5, 5.41) is 0. The number of benzene rings is 1. The van der Waals surface area contributed by atoms with E-state index in [4.69, 9.17) is 4.74 Å². The third-order valence-corrected chi connectivity index (χ3v) is 4.50. The van der Waals surface area contributed by atoms with Crippen LogP contribution in [0.1, 0.15) is 31.7 Å². The molecule has 1 aliphatic carbocycles. The fourth-order valence-corrected chi connectivity index (χ4v) is 3.15. The van der Waals surface area contributed by atoms with Gasteiger partial charge in [0.15, 0.2) is 0 Å². The van der Waals surface area contributed by atoms with Gasteiger partial charge in [0.1, 0.15) is 6.61 Å². The Bertz CT molecular complexity index is 594. The second-order valence-electron chi connectivity index (χ2n) is 6.15. The maximum absolute atomic E-state index is 12.7. The van der Waals surface area contributed by atoms with Gasteiger partial charge in [-0.3, -0.25) is 4.79 Å². The molecule has 0 saturated carbocycles. The van der Waals surface area contributed by atoms with E-state index in [1.165, 1.54) is 10.5 Å². The van der Waals surface area contributed by atoms with Crippen LogP contribution in [0.2, 0.25) is 0 Å². The van der Waals surface area contributed by atoms with Crippen LogP contribution < -0.4 is 0 Å². The van der Waals surface area contributed by atoms with E-state index >= 15 is 0 Å². The second-order valence-corrected chi connectivity index (χ2v) is 6.15. The Kier molecular flexibility index (Phi) is 4.27. The van der Waals surface area contributed by atoms with Gasteiger partial charge in [-0.15, -0.1) is 0 Å². The number of carbonyl (C=O) groups excluding carboxylic acids is 2. The Morgan fingerprint density at radius 2 is 2.09 bits per heavy atom. The number of amides is 2. The molecule has 116 valence electrons. The van der Waals surface area contributed by atoms with Crippen molar-refractivity contribution >= 4 is 12.0 Å². The molecule has 0 spiro atoms. The quantitative estimate of drug-likeness (QED) is 0.804. The highest BCUT2D eigenvalue weighted by atomic mass is 16.6. The Hall–Kier alpha value is -2.10. The molecule has 2 aliphatic rings. The maximum Gasteiger partial charge on any atom is 0.416 e. The molecule has 1 saturated heterocycles. The van der Waals surface area contributed by atoms with Crippen molar-refractivity contribution in [2.75, 3.05) is 6.61 Å². The molecule has 0 N–H and O–H groups in total. The molecule has 4 nitrogen and oxygen atoms in total. The van der Waals surface area contributed by atoms with Crippen molar-refractivity contribution in [1.29, 1.82) is 0 Å². The number of imide groups is 1. The van der Waals surface area contributed by atoms with Crippen LogP contribution in [0, 0.1) is 5.92 Å². The normalized spacial score (nSPS) is 24.9. The van der Waals surface area contributed by atoms with E-state index < -0.39 is 6.09 Å². The summed E-state index contributed by atoms with van der Waals surface area (Å²) in [5.74, 6) is -0.167. The lowest BCUT2D eigenvalue weighted by atomic mass is 9.89. The minimum Gasteiger partial charge on any atom is -0.447 e. The molecule has 1 fully saturated rings. The van der Waals surface area contributed by atoms with Crippen LogP contribution in [0.3, 0.4) is 0 Å². The average molecular weight is 299 g/mol. The lowest BCUT2D eigenvalue weighted by Crippen LogP contribution is -2.43. The topological polar surface area (TPSA) is 46.6 Å². The van der Waals surface area contributed by atoms with Gasteiger partial charge in [0, 0.05) is 5.92 Å². The first kappa shape index (κ1) is 14.8. The average Bonchev–Trinajstić information content (AvgIpc) is 2.89. The number of rotatable bonds is 3. The van der Waals surface area contributed by atoms with Gasteiger partial charge < -0.3 is 4.74 Å². The Labute approximate surface area is 130 Å². The molecule has 0 aromatic heterocycles. The molecule has 0 unspecified atom stereocenters. The lowest BCUT2D eigenvalue weighted by Gasteiger charge is -2.26. The zero-order chi connectivity index (χ0) is 15.5. The van der Waals surface area contributed by atoms with Crippen molar-refractivity contribution in [3.05, 3.63) is 47.5 Å². The van der Waals surface area contributed by atoms with Crippen LogP contribution in [0.5, 0.6) is 0 Å². The van der Waals surface area contributed by atoms with Gasteiger partial charge in [0.05, 0.1) is 6.04 Å². The molecule has 1 aromatic carbocycles. The number of nitrogens with zero attached hydrogens (tertiary/aromatic N) is 1. The number of hydrogen-bond donors (Lipinski definition) is 0. The number of ether oxygens (including phenoxy) is 1. The monoisotopic (exact) mass is 299 g/mol. The van der Waals surface area contributed by atoms with Crippen molar-refractivity contribution in [2.24, 2.45) is 5.92 Å². The van der Waals surface area contributed by atoms with E-state index in [9.17, 15) is 9.59 Å². The summed E-state index contributed by atoms with van der Waals surface area (Å²) in [5.41, 5.74) is 2.44. The van der Waals surface area contributed by atoms with Crippen molar-refractivity contribution in [2.45, 2.75) is 38.6 Å². The van der Waals surface area contributed by atoms with Gasteiger partial charge in [0.2, 0.25) is 5.91 Å². The van der Waals surface area contributed by atoms with E-state index in [1.807, 2.05) is 30.3 Å². The SMILES string of the molecule is CC1=CC[C@@H](C(=O)N2C(=O)OC[C@H]2Cc2ccccc2)CC1.